The molecular weight excluding hydrogens is 557 g/mol. The number of aromatic nitrogens is 2. The number of fused-ring (bicyclic) bond motifs is 1. The van der Waals surface area contributed by atoms with Gasteiger partial charge in [0.15, 0.2) is 0 Å². The Morgan fingerprint density at radius 1 is 1.25 bits per heavy atom. The van der Waals surface area contributed by atoms with Gasteiger partial charge in [-0.05, 0) is 44.2 Å². The SMILES string of the molecule is CCOC1OC(=O)CC1NS(=O)(=O)c1ccc(NC(C)=O)cc1O[C@H](C)Cn1cnc2cc(C(F)(F)F)ccc21. The van der Waals surface area contributed by atoms with E-state index < -0.39 is 52.1 Å². The Morgan fingerprint density at radius 3 is 2.67 bits per heavy atom. The summed E-state index contributed by atoms with van der Waals surface area (Å²) >= 11 is 0. The van der Waals surface area contributed by atoms with Crippen LogP contribution in [0.2, 0.25) is 0 Å². The van der Waals surface area contributed by atoms with Crippen molar-refractivity contribution in [2.75, 3.05) is 11.9 Å². The van der Waals surface area contributed by atoms with E-state index in [0.29, 0.717) is 5.52 Å². The third-order valence-electron chi connectivity index (χ3n) is 5.88. The second-order valence-corrected chi connectivity index (χ2v) is 10.8. The van der Waals surface area contributed by atoms with Crippen LogP contribution in [-0.4, -0.2) is 54.9 Å². The number of cyclic esters (lactones) is 1. The first kappa shape index (κ1) is 29.3. The lowest BCUT2D eigenvalue weighted by atomic mass is 10.2. The zero-order valence-electron chi connectivity index (χ0n) is 21.7. The molecule has 1 amide bonds. The molecule has 216 valence electrons. The first-order valence-corrected chi connectivity index (χ1v) is 13.7. The number of anilines is 1. The smallest absolute Gasteiger partial charge is 0.416 e. The van der Waals surface area contributed by atoms with E-state index in [4.69, 9.17) is 14.2 Å². The van der Waals surface area contributed by atoms with Crippen LogP contribution in [0.5, 0.6) is 5.75 Å². The van der Waals surface area contributed by atoms with Gasteiger partial charge >= 0.3 is 12.1 Å². The summed E-state index contributed by atoms with van der Waals surface area (Å²) in [5.74, 6) is -1.11. The van der Waals surface area contributed by atoms with E-state index in [-0.39, 0.29) is 41.4 Å². The van der Waals surface area contributed by atoms with Crippen LogP contribution in [0.4, 0.5) is 18.9 Å². The quantitative estimate of drug-likeness (QED) is 0.346. The predicted molar refractivity (Wildman–Crippen MR) is 136 cm³/mol. The van der Waals surface area contributed by atoms with Gasteiger partial charge in [0, 0.05) is 25.3 Å². The van der Waals surface area contributed by atoms with E-state index in [9.17, 15) is 31.2 Å². The zero-order chi connectivity index (χ0) is 29.2. The number of carbonyl (C=O) groups is 2. The van der Waals surface area contributed by atoms with Gasteiger partial charge in [-0.15, -0.1) is 0 Å². The summed E-state index contributed by atoms with van der Waals surface area (Å²) in [6.45, 7) is 4.89. The molecule has 0 bridgehead atoms. The minimum atomic E-state index is -4.51. The highest BCUT2D eigenvalue weighted by Gasteiger charge is 2.39. The third-order valence-corrected chi connectivity index (χ3v) is 7.41. The maximum atomic E-state index is 13.4. The molecule has 1 saturated heterocycles. The van der Waals surface area contributed by atoms with Gasteiger partial charge in [-0.25, -0.2) is 18.1 Å². The van der Waals surface area contributed by atoms with Crippen molar-refractivity contribution in [1.29, 1.82) is 0 Å². The molecule has 1 aliphatic rings. The van der Waals surface area contributed by atoms with Crippen LogP contribution in [0.3, 0.4) is 0 Å². The largest absolute Gasteiger partial charge is 0.487 e. The number of rotatable bonds is 10. The van der Waals surface area contributed by atoms with Crippen LogP contribution in [0.25, 0.3) is 11.0 Å². The van der Waals surface area contributed by atoms with Crippen LogP contribution in [-0.2, 0) is 41.8 Å². The molecule has 2 aromatic carbocycles. The second-order valence-electron chi connectivity index (χ2n) is 9.11. The monoisotopic (exact) mass is 584 g/mol. The zero-order valence-corrected chi connectivity index (χ0v) is 22.5. The van der Waals surface area contributed by atoms with E-state index >= 15 is 0 Å². The summed E-state index contributed by atoms with van der Waals surface area (Å²) in [5.41, 5.74) is 0.0118. The highest BCUT2D eigenvalue weighted by molar-refractivity contribution is 7.89. The summed E-state index contributed by atoms with van der Waals surface area (Å²) in [7, 11) is -4.28. The van der Waals surface area contributed by atoms with Gasteiger partial charge in [0.25, 0.3) is 0 Å². The lowest BCUT2D eigenvalue weighted by Gasteiger charge is -2.22. The lowest BCUT2D eigenvalue weighted by molar-refractivity contribution is -0.163. The molecule has 3 aromatic rings. The summed E-state index contributed by atoms with van der Waals surface area (Å²) in [6.07, 6.45) is -5.17. The second kappa shape index (κ2) is 11.4. The number of imidazole rings is 1. The number of halogens is 3. The van der Waals surface area contributed by atoms with Crippen LogP contribution in [0.1, 0.15) is 32.8 Å². The Kier molecular flexibility index (Phi) is 8.37. The molecule has 2 unspecified atom stereocenters. The Hall–Kier alpha value is -3.69. The highest BCUT2D eigenvalue weighted by Crippen LogP contribution is 2.32. The fourth-order valence-corrected chi connectivity index (χ4v) is 5.57. The van der Waals surface area contributed by atoms with Gasteiger partial charge in [-0.2, -0.15) is 13.2 Å². The molecule has 1 fully saturated rings. The predicted octanol–water partition coefficient (Wildman–Crippen LogP) is 3.44. The lowest BCUT2D eigenvalue weighted by Crippen LogP contribution is -2.41. The van der Waals surface area contributed by atoms with E-state index in [1.807, 2.05) is 0 Å². The maximum absolute atomic E-state index is 13.4. The number of hydrogen-bond acceptors (Lipinski definition) is 8. The standard InChI is InChI=1S/C25H27F3N4O7S/c1-4-37-24-19(11-23(34)39-24)31-40(35,36)22-8-6-17(30-15(3)33)10-21(22)38-14(2)12-32-13-29-18-9-16(25(26,27)28)5-7-20(18)32/h5-10,13-14,19,24,31H,4,11-12H2,1-3H3,(H,30,33)/t14-,19?,24?/m1/s1. The topological polar surface area (TPSA) is 138 Å². The van der Waals surface area contributed by atoms with Crippen molar-refractivity contribution in [1.82, 2.24) is 14.3 Å². The number of alkyl halides is 3. The molecule has 0 spiro atoms. The van der Waals surface area contributed by atoms with E-state index in [2.05, 4.69) is 15.0 Å². The van der Waals surface area contributed by atoms with Crippen molar-refractivity contribution in [3.8, 4) is 5.75 Å². The minimum Gasteiger partial charge on any atom is -0.487 e. The molecule has 0 radical (unpaired) electrons. The van der Waals surface area contributed by atoms with Crippen LogP contribution >= 0.6 is 0 Å². The summed E-state index contributed by atoms with van der Waals surface area (Å²) in [4.78, 5) is 27.1. The number of sulfonamides is 1. The van der Waals surface area contributed by atoms with Gasteiger partial charge in [0.2, 0.25) is 22.2 Å². The molecule has 3 atom stereocenters. The highest BCUT2D eigenvalue weighted by atomic mass is 32.2. The Balaban J connectivity index is 1.60. The number of nitrogens with one attached hydrogen (secondary N) is 2. The molecule has 11 nitrogen and oxygen atoms in total. The molecule has 2 N–H and O–H groups in total. The Morgan fingerprint density at radius 2 is 2.00 bits per heavy atom. The summed E-state index contributed by atoms with van der Waals surface area (Å²) in [5, 5.41) is 2.56. The number of esters is 1. The van der Waals surface area contributed by atoms with Crippen LogP contribution in [0.15, 0.2) is 47.6 Å². The van der Waals surface area contributed by atoms with E-state index in [0.717, 1.165) is 12.1 Å². The molecule has 0 saturated carbocycles. The van der Waals surface area contributed by atoms with Crippen LogP contribution < -0.4 is 14.8 Å². The Bertz CT molecular complexity index is 1520. The third kappa shape index (κ3) is 6.71. The summed E-state index contributed by atoms with van der Waals surface area (Å²) < 4.78 is 86.3. The van der Waals surface area contributed by atoms with Crippen LogP contribution in [0, 0.1) is 0 Å². The first-order valence-electron chi connectivity index (χ1n) is 12.2. The average Bonchev–Trinajstić information content (AvgIpc) is 3.39. The van der Waals surface area contributed by atoms with E-state index in [1.54, 1.807) is 18.4 Å². The first-order chi connectivity index (χ1) is 18.8. The number of benzene rings is 2. The molecule has 1 aromatic heterocycles. The number of carbonyl (C=O) groups excluding carboxylic acids is 2. The van der Waals surface area contributed by atoms with Crippen molar-refractivity contribution in [2.45, 2.75) is 63.2 Å². The van der Waals surface area contributed by atoms with Crippen molar-refractivity contribution >= 4 is 38.6 Å². The van der Waals surface area contributed by atoms with Gasteiger partial charge in [0.1, 0.15) is 16.7 Å². The Labute approximate surface area is 227 Å². The normalized spacial score (nSPS) is 18.5. The molecular formula is C25H27F3N4O7S. The fraction of sp³-hybridized carbons (Fsp3) is 0.400. The van der Waals surface area contributed by atoms with Gasteiger partial charge in [-0.3, -0.25) is 9.59 Å². The molecule has 0 aliphatic carbocycles. The van der Waals surface area contributed by atoms with Crippen molar-refractivity contribution < 1.29 is 45.4 Å². The maximum Gasteiger partial charge on any atom is 0.416 e. The number of hydrogen-bond donors (Lipinski definition) is 2. The number of ether oxygens (including phenoxy) is 3. The molecule has 40 heavy (non-hydrogen) atoms. The van der Waals surface area contributed by atoms with Crippen molar-refractivity contribution in [2.24, 2.45) is 0 Å². The van der Waals surface area contributed by atoms with Gasteiger partial charge in [0.05, 0.1) is 41.9 Å². The molecule has 2 heterocycles. The number of amides is 1. The molecule has 15 heteroatoms. The fourth-order valence-electron chi connectivity index (χ4n) is 4.23. The average molecular weight is 585 g/mol. The minimum absolute atomic E-state index is 0.103. The summed E-state index contributed by atoms with van der Waals surface area (Å²) in [6, 6.07) is 6.18. The van der Waals surface area contributed by atoms with Gasteiger partial charge < -0.3 is 24.1 Å². The van der Waals surface area contributed by atoms with Crippen molar-refractivity contribution in [3.63, 3.8) is 0 Å². The molecule has 1 aliphatic heterocycles. The van der Waals surface area contributed by atoms with Gasteiger partial charge in [-0.1, -0.05) is 0 Å². The molecule has 4 rings (SSSR count). The van der Waals surface area contributed by atoms with E-state index in [1.165, 1.54) is 37.5 Å². The van der Waals surface area contributed by atoms with Crippen molar-refractivity contribution in [3.05, 3.63) is 48.3 Å². The number of nitrogens with zero attached hydrogens (tertiary/aromatic N) is 2.